The van der Waals surface area contributed by atoms with Gasteiger partial charge in [-0.3, -0.25) is 9.69 Å². The molecule has 0 spiro atoms. The average Bonchev–Trinajstić information content (AvgIpc) is 3.12. The van der Waals surface area contributed by atoms with E-state index in [1.54, 1.807) is 4.90 Å². The highest BCUT2D eigenvalue weighted by Gasteiger charge is 2.36. The Hall–Kier alpha value is -2.04. The standard InChI is InChI=1S/C20H28N2O3/c1-15-8-5-6-11-17(15)21-19(23)18-12-7-13-22(18)20(24)25-14-16-9-3-2-4-10-16/h2-4,9-10,15,17-18H,5-8,11-14H2,1H3,(H,21,23). The van der Waals surface area contributed by atoms with E-state index in [0.29, 0.717) is 18.9 Å². The van der Waals surface area contributed by atoms with Gasteiger partial charge in [-0.2, -0.15) is 0 Å². The van der Waals surface area contributed by atoms with Gasteiger partial charge in [0.25, 0.3) is 0 Å². The summed E-state index contributed by atoms with van der Waals surface area (Å²) in [7, 11) is 0. The summed E-state index contributed by atoms with van der Waals surface area (Å²) in [6, 6.07) is 9.46. The third-order valence-corrected chi connectivity index (χ3v) is 5.43. The highest BCUT2D eigenvalue weighted by Crippen LogP contribution is 2.25. The maximum absolute atomic E-state index is 12.7. The SMILES string of the molecule is CC1CCCCC1NC(=O)C1CCCN1C(=O)OCc1ccccc1. The Kier molecular flexibility index (Phi) is 5.95. The van der Waals surface area contributed by atoms with E-state index in [0.717, 1.165) is 18.4 Å². The molecule has 1 N–H and O–H groups in total. The molecule has 0 bridgehead atoms. The van der Waals surface area contributed by atoms with Crippen LogP contribution in [-0.4, -0.2) is 35.5 Å². The van der Waals surface area contributed by atoms with Crippen LogP contribution in [0.3, 0.4) is 0 Å². The largest absolute Gasteiger partial charge is 0.445 e. The predicted octanol–water partition coefficient (Wildman–Crippen LogP) is 3.48. The van der Waals surface area contributed by atoms with Crippen LogP contribution < -0.4 is 5.32 Å². The molecule has 0 radical (unpaired) electrons. The first-order chi connectivity index (χ1) is 12.1. The lowest BCUT2D eigenvalue weighted by molar-refractivity contribution is -0.126. The van der Waals surface area contributed by atoms with Crippen LogP contribution in [0.1, 0.15) is 51.0 Å². The van der Waals surface area contributed by atoms with Crippen LogP contribution in [0.2, 0.25) is 0 Å². The fourth-order valence-corrected chi connectivity index (χ4v) is 3.87. The van der Waals surface area contributed by atoms with E-state index < -0.39 is 12.1 Å². The third-order valence-electron chi connectivity index (χ3n) is 5.43. The van der Waals surface area contributed by atoms with Crippen LogP contribution in [0.5, 0.6) is 0 Å². The molecule has 3 rings (SSSR count). The summed E-state index contributed by atoms with van der Waals surface area (Å²) in [4.78, 5) is 26.7. The number of hydrogen-bond acceptors (Lipinski definition) is 3. The van der Waals surface area contributed by atoms with Gasteiger partial charge in [0, 0.05) is 12.6 Å². The highest BCUT2D eigenvalue weighted by atomic mass is 16.6. The van der Waals surface area contributed by atoms with Crippen LogP contribution in [0.4, 0.5) is 4.79 Å². The zero-order valence-electron chi connectivity index (χ0n) is 14.9. The molecule has 1 aromatic rings. The Morgan fingerprint density at radius 1 is 1.12 bits per heavy atom. The van der Waals surface area contributed by atoms with Gasteiger partial charge in [0.2, 0.25) is 5.91 Å². The fourth-order valence-electron chi connectivity index (χ4n) is 3.87. The number of ether oxygens (including phenoxy) is 1. The lowest BCUT2D eigenvalue weighted by atomic mass is 9.86. The second kappa shape index (κ2) is 8.37. The van der Waals surface area contributed by atoms with Crippen molar-refractivity contribution in [3.05, 3.63) is 35.9 Å². The monoisotopic (exact) mass is 344 g/mol. The summed E-state index contributed by atoms with van der Waals surface area (Å²) in [6.45, 7) is 3.03. The van der Waals surface area contributed by atoms with Crippen molar-refractivity contribution in [2.75, 3.05) is 6.54 Å². The Labute approximate surface area is 149 Å². The minimum Gasteiger partial charge on any atom is -0.445 e. The number of nitrogens with one attached hydrogen (secondary N) is 1. The second-order valence-corrected chi connectivity index (χ2v) is 7.27. The van der Waals surface area contributed by atoms with Gasteiger partial charge in [-0.25, -0.2) is 4.79 Å². The molecule has 1 aliphatic carbocycles. The van der Waals surface area contributed by atoms with Crippen LogP contribution >= 0.6 is 0 Å². The summed E-state index contributed by atoms with van der Waals surface area (Å²) in [6.07, 6.45) is 5.79. The summed E-state index contributed by atoms with van der Waals surface area (Å²) in [5.41, 5.74) is 0.951. The van der Waals surface area contributed by atoms with E-state index in [1.807, 2.05) is 30.3 Å². The van der Waals surface area contributed by atoms with Gasteiger partial charge in [0.05, 0.1) is 0 Å². The first-order valence-electron chi connectivity index (χ1n) is 9.43. The molecule has 3 unspecified atom stereocenters. The molecule has 1 saturated carbocycles. The van der Waals surface area contributed by atoms with Crippen LogP contribution in [0.15, 0.2) is 30.3 Å². The fraction of sp³-hybridized carbons (Fsp3) is 0.600. The zero-order valence-corrected chi connectivity index (χ0v) is 14.9. The summed E-state index contributed by atoms with van der Waals surface area (Å²) in [5, 5.41) is 3.18. The van der Waals surface area contributed by atoms with Crippen molar-refractivity contribution >= 4 is 12.0 Å². The van der Waals surface area contributed by atoms with Crippen LogP contribution in [0.25, 0.3) is 0 Å². The second-order valence-electron chi connectivity index (χ2n) is 7.27. The van der Waals surface area contributed by atoms with E-state index in [9.17, 15) is 9.59 Å². The summed E-state index contributed by atoms with van der Waals surface area (Å²) < 4.78 is 5.41. The van der Waals surface area contributed by atoms with Gasteiger partial charge in [-0.05, 0) is 37.2 Å². The average molecular weight is 344 g/mol. The molecule has 2 aliphatic rings. The molecule has 0 aromatic heterocycles. The van der Waals surface area contributed by atoms with Crippen molar-refractivity contribution in [3.63, 3.8) is 0 Å². The first kappa shape index (κ1) is 17.8. The Balaban J connectivity index is 1.54. The molecular weight excluding hydrogens is 316 g/mol. The van der Waals surface area contributed by atoms with Crippen molar-refractivity contribution < 1.29 is 14.3 Å². The number of amides is 2. The number of hydrogen-bond donors (Lipinski definition) is 1. The minimum atomic E-state index is -0.391. The topological polar surface area (TPSA) is 58.6 Å². The van der Waals surface area contributed by atoms with E-state index in [-0.39, 0.29) is 18.6 Å². The van der Waals surface area contributed by atoms with Crippen molar-refractivity contribution in [2.45, 2.75) is 64.1 Å². The molecule has 5 heteroatoms. The molecule has 1 aromatic carbocycles. The highest BCUT2D eigenvalue weighted by molar-refractivity contribution is 5.86. The van der Waals surface area contributed by atoms with Gasteiger partial charge < -0.3 is 10.1 Å². The van der Waals surface area contributed by atoms with Crippen molar-refractivity contribution in [3.8, 4) is 0 Å². The van der Waals surface area contributed by atoms with E-state index in [2.05, 4.69) is 12.2 Å². The number of likely N-dealkylation sites (tertiary alicyclic amines) is 1. The quantitative estimate of drug-likeness (QED) is 0.910. The number of rotatable bonds is 4. The molecule has 1 aliphatic heterocycles. The minimum absolute atomic E-state index is 0.0205. The molecular formula is C20H28N2O3. The summed E-state index contributed by atoms with van der Waals surface area (Å²) in [5.74, 6) is 0.491. The molecule has 1 saturated heterocycles. The molecule has 136 valence electrons. The number of nitrogens with zero attached hydrogens (tertiary/aromatic N) is 1. The lowest BCUT2D eigenvalue weighted by Crippen LogP contribution is -2.50. The molecule has 2 fully saturated rings. The number of carbonyl (C=O) groups excluding carboxylic acids is 2. The maximum Gasteiger partial charge on any atom is 0.410 e. The van der Waals surface area contributed by atoms with Gasteiger partial charge in [0.1, 0.15) is 12.6 Å². The van der Waals surface area contributed by atoms with Crippen molar-refractivity contribution in [2.24, 2.45) is 5.92 Å². The van der Waals surface area contributed by atoms with Crippen LogP contribution in [0, 0.1) is 5.92 Å². The smallest absolute Gasteiger partial charge is 0.410 e. The molecule has 3 atom stereocenters. The van der Waals surface area contributed by atoms with Crippen LogP contribution in [-0.2, 0) is 16.1 Å². The van der Waals surface area contributed by atoms with E-state index >= 15 is 0 Å². The third kappa shape index (κ3) is 4.53. The number of carbonyl (C=O) groups is 2. The Morgan fingerprint density at radius 2 is 1.88 bits per heavy atom. The zero-order chi connectivity index (χ0) is 17.6. The normalized spacial score (nSPS) is 26.3. The Bertz CT molecular complexity index is 590. The lowest BCUT2D eigenvalue weighted by Gasteiger charge is -2.32. The molecule has 1 heterocycles. The number of benzene rings is 1. The van der Waals surface area contributed by atoms with E-state index in [4.69, 9.17) is 4.74 Å². The van der Waals surface area contributed by atoms with Gasteiger partial charge in [0.15, 0.2) is 0 Å². The predicted molar refractivity (Wildman–Crippen MR) is 95.9 cm³/mol. The summed E-state index contributed by atoms with van der Waals surface area (Å²) >= 11 is 0. The first-order valence-corrected chi connectivity index (χ1v) is 9.43. The van der Waals surface area contributed by atoms with Gasteiger partial charge in [-0.15, -0.1) is 0 Å². The van der Waals surface area contributed by atoms with Crippen molar-refractivity contribution in [1.29, 1.82) is 0 Å². The Morgan fingerprint density at radius 3 is 2.64 bits per heavy atom. The maximum atomic E-state index is 12.7. The molecule has 2 amide bonds. The van der Waals surface area contributed by atoms with E-state index in [1.165, 1.54) is 19.3 Å². The van der Waals surface area contributed by atoms with Gasteiger partial charge >= 0.3 is 6.09 Å². The van der Waals surface area contributed by atoms with Crippen molar-refractivity contribution in [1.82, 2.24) is 10.2 Å². The molecule has 5 nitrogen and oxygen atoms in total. The molecule has 25 heavy (non-hydrogen) atoms. The van der Waals surface area contributed by atoms with Gasteiger partial charge in [-0.1, -0.05) is 50.1 Å².